The van der Waals surface area contributed by atoms with E-state index in [1.807, 2.05) is 0 Å². The molecule has 0 atom stereocenters. The highest BCUT2D eigenvalue weighted by molar-refractivity contribution is 7.90. The van der Waals surface area contributed by atoms with Gasteiger partial charge in [0.1, 0.15) is 10.7 Å². The lowest BCUT2D eigenvalue weighted by molar-refractivity contribution is -0.122. The number of amidine groups is 1. The SMILES string of the molecule is CC(=O)NCCNC(=O)CCC1=NS(=O)(=O)c2ccccc2N1. The van der Waals surface area contributed by atoms with E-state index in [1.165, 1.54) is 13.0 Å². The van der Waals surface area contributed by atoms with E-state index in [0.29, 0.717) is 18.8 Å². The van der Waals surface area contributed by atoms with Crippen LogP contribution in [0.3, 0.4) is 0 Å². The van der Waals surface area contributed by atoms with Gasteiger partial charge in [-0.3, -0.25) is 9.59 Å². The molecule has 0 bridgehead atoms. The van der Waals surface area contributed by atoms with Crippen LogP contribution < -0.4 is 16.0 Å². The van der Waals surface area contributed by atoms with Gasteiger partial charge in [0.15, 0.2) is 0 Å². The van der Waals surface area contributed by atoms with Gasteiger partial charge in [0.2, 0.25) is 11.8 Å². The van der Waals surface area contributed by atoms with E-state index in [1.54, 1.807) is 18.2 Å². The summed E-state index contributed by atoms with van der Waals surface area (Å²) in [5, 5.41) is 8.11. The number of sulfonamides is 1. The molecule has 0 fully saturated rings. The van der Waals surface area contributed by atoms with E-state index in [9.17, 15) is 18.0 Å². The van der Waals surface area contributed by atoms with Gasteiger partial charge >= 0.3 is 0 Å². The second kappa shape index (κ2) is 7.23. The average Bonchev–Trinajstić information content (AvgIpc) is 2.49. The van der Waals surface area contributed by atoms with E-state index >= 15 is 0 Å². The van der Waals surface area contributed by atoms with Gasteiger partial charge in [-0.15, -0.1) is 4.40 Å². The number of hydrogen-bond acceptors (Lipinski definition) is 5. The van der Waals surface area contributed by atoms with Gasteiger partial charge in [0.05, 0.1) is 5.69 Å². The van der Waals surface area contributed by atoms with Crippen LogP contribution in [0.5, 0.6) is 0 Å². The number of anilines is 1. The van der Waals surface area contributed by atoms with Crippen LogP contribution in [0.25, 0.3) is 0 Å². The second-order valence-corrected chi connectivity index (χ2v) is 6.54. The van der Waals surface area contributed by atoms with E-state index < -0.39 is 10.0 Å². The summed E-state index contributed by atoms with van der Waals surface area (Å²) < 4.78 is 27.8. The molecule has 1 aromatic carbocycles. The van der Waals surface area contributed by atoms with Crippen molar-refractivity contribution in [1.29, 1.82) is 0 Å². The molecule has 1 aromatic rings. The van der Waals surface area contributed by atoms with Crippen LogP contribution in [-0.2, 0) is 19.6 Å². The third kappa shape index (κ3) is 4.78. The number of benzene rings is 1. The minimum Gasteiger partial charge on any atom is -0.355 e. The second-order valence-electron chi connectivity index (χ2n) is 4.97. The zero-order valence-corrected chi connectivity index (χ0v) is 13.4. The molecule has 1 aliphatic rings. The van der Waals surface area contributed by atoms with E-state index in [4.69, 9.17) is 0 Å². The highest BCUT2D eigenvalue weighted by atomic mass is 32.2. The predicted octanol–water partition coefficient (Wildman–Crippen LogP) is 0.232. The molecule has 23 heavy (non-hydrogen) atoms. The van der Waals surface area contributed by atoms with Gasteiger partial charge in [-0.2, -0.15) is 8.42 Å². The van der Waals surface area contributed by atoms with Crippen LogP contribution in [0.2, 0.25) is 0 Å². The van der Waals surface area contributed by atoms with Crippen molar-refractivity contribution in [1.82, 2.24) is 10.6 Å². The number of rotatable bonds is 6. The number of carbonyl (C=O) groups is 2. The van der Waals surface area contributed by atoms with Gasteiger partial charge in [0, 0.05) is 32.9 Å². The normalized spacial score (nSPS) is 14.9. The molecule has 0 saturated heterocycles. The third-order valence-corrected chi connectivity index (χ3v) is 4.46. The maximum atomic E-state index is 12.0. The van der Waals surface area contributed by atoms with Crippen LogP contribution in [0.1, 0.15) is 19.8 Å². The van der Waals surface area contributed by atoms with Crippen LogP contribution in [0.15, 0.2) is 33.6 Å². The lowest BCUT2D eigenvalue weighted by Crippen LogP contribution is -2.34. The number of hydrogen-bond donors (Lipinski definition) is 3. The van der Waals surface area contributed by atoms with E-state index in [-0.39, 0.29) is 35.4 Å². The monoisotopic (exact) mass is 338 g/mol. The number of para-hydroxylation sites is 1. The molecule has 0 spiro atoms. The molecule has 0 aliphatic carbocycles. The van der Waals surface area contributed by atoms with Gasteiger partial charge in [0.25, 0.3) is 10.0 Å². The first-order valence-corrected chi connectivity index (χ1v) is 8.53. The molecule has 9 heteroatoms. The summed E-state index contributed by atoms with van der Waals surface area (Å²) in [5.41, 5.74) is 0.462. The fraction of sp³-hybridized carbons (Fsp3) is 0.357. The average molecular weight is 338 g/mol. The van der Waals surface area contributed by atoms with E-state index in [0.717, 1.165) is 0 Å². The predicted molar refractivity (Wildman–Crippen MR) is 85.6 cm³/mol. The van der Waals surface area contributed by atoms with Gasteiger partial charge in [-0.05, 0) is 12.1 Å². The Kier molecular flexibility index (Phi) is 5.32. The molecular weight excluding hydrogens is 320 g/mol. The largest absolute Gasteiger partial charge is 0.355 e. The Balaban J connectivity index is 1.86. The number of nitrogens with zero attached hydrogens (tertiary/aromatic N) is 1. The highest BCUT2D eigenvalue weighted by Crippen LogP contribution is 2.27. The Morgan fingerprint density at radius 3 is 2.61 bits per heavy atom. The fourth-order valence-electron chi connectivity index (χ4n) is 2.04. The molecule has 0 radical (unpaired) electrons. The Hall–Kier alpha value is -2.42. The number of nitrogens with one attached hydrogen (secondary N) is 3. The van der Waals surface area contributed by atoms with Crippen molar-refractivity contribution in [3.05, 3.63) is 24.3 Å². The van der Waals surface area contributed by atoms with Crippen molar-refractivity contribution in [3.63, 3.8) is 0 Å². The molecule has 1 heterocycles. The zero-order chi connectivity index (χ0) is 16.9. The molecule has 0 aromatic heterocycles. The first-order valence-electron chi connectivity index (χ1n) is 7.09. The lowest BCUT2D eigenvalue weighted by Gasteiger charge is -2.17. The lowest BCUT2D eigenvalue weighted by atomic mass is 10.2. The molecule has 124 valence electrons. The van der Waals surface area contributed by atoms with Crippen LogP contribution in [0.4, 0.5) is 5.69 Å². The quantitative estimate of drug-likeness (QED) is 0.642. The van der Waals surface area contributed by atoms with Gasteiger partial charge in [-0.1, -0.05) is 12.1 Å². The van der Waals surface area contributed by atoms with Crippen molar-refractivity contribution in [2.24, 2.45) is 4.40 Å². The topological polar surface area (TPSA) is 117 Å². The Bertz CT molecular complexity index is 743. The zero-order valence-electron chi connectivity index (χ0n) is 12.6. The number of amides is 2. The van der Waals surface area contributed by atoms with Crippen LogP contribution >= 0.6 is 0 Å². The molecule has 0 saturated carbocycles. The maximum Gasteiger partial charge on any atom is 0.286 e. The summed E-state index contributed by atoms with van der Waals surface area (Å²) in [5.74, 6) is -0.166. The van der Waals surface area contributed by atoms with Crippen molar-refractivity contribution in [3.8, 4) is 0 Å². The van der Waals surface area contributed by atoms with Crippen molar-refractivity contribution < 1.29 is 18.0 Å². The molecule has 0 unspecified atom stereocenters. The van der Waals surface area contributed by atoms with Crippen LogP contribution in [0, 0.1) is 0 Å². The minimum absolute atomic E-state index is 0.101. The molecule has 8 nitrogen and oxygen atoms in total. The summed E-state index contributed by atoms with van der Waals surface area (Å²) in [6.07, 6.45) is 0.281. The molecular formula is C14H18N4O4S. The smallest absolute Gasteiger partial charge is 0.286 e. The van der Waals surface area contributed by atoms with Crippen molar-refractivity contribution >= 4 is 33.4 Å². The summed E-state index contributed by atoms with van der Waals surface area (Å²) in [4.78, 5) is 22.5. The molecule has 3 N–H and O–H groups in total. The molecule has 2 amide bonds. The highest BCUT2D eigenvalue weighted by Gasteiger charge is 2.24. The fourth-order valence-corrected chi connectivity index (χ4v) is 3.21. The number of fused-ring (bicyclic) bond motifs is 1. The third-order valence-electron chi connectivity index (χ3n) is 3.08. The number of carbonyl (C=O) groups excluding carboxylic acids is 2. The minimum atomic E-state index is -3.72. The standard InChI is InChI=1S/C14H18N4O4S/c1-10(19)15-8-9-16-14(20)7-6-13-17-11-4-2-3-5-12(11)23(21,22)18-13/h2-5H,6-9H2,1H3,(H,15,19)(H,16,20)(H,17,18). The molecule has 2 rings (SSSR count). The van der Waals surface area contributed by atoms with Crippen LogP contribution in [-0.4, -0.2) is 39.2 Å². The summed E-state index contributed by atoms with van der Waals surface area (Å²) in [6, 6.07) is 6.47. The van der Waals surface area contributed by atoms with Crippen molar-refractivity contribution in [2.45, 2.75) is 24.7 Å². The van der Waals surface area contributed by atoms with Crippen molar-refractivity contribution in [2.75, 3.05) is 18.4 Å². The summed E-state index contributed by atoms with van der Waals surface area (Å²) in [7, 11) is -3.72. The van der Waals surface area contributed by atoms with E-state index in [2.05, 4.69) is 20.3 Å². The summed E-state index contributed by atoms with van der Waals surface area (Å²) >= 11 is 0. The first-order chi connectivity index (χ1) is 10.9. The first kappa shape index (κ1) is 16.9. The Labute approximate surface area is 134 Å². The Morgan fingerprint density at radius 1 is 1.17 bits per heavy atom. The maximum absolute atomic E-state index is 12.0. The van der Waals surface area contributed by atoms with Gasteiger partial charge < -0.3 is 16.0 Å². The summed E-state index contributed by atoms with van der Waals surface area (Å²) in [6.45, 7) is 2.06. The molecule has 1 aliphatic heterocycles. The Morgan fingerprint density at radius 2 is 1.87 bits per heavy atom. The van der Waals surface area contributed by atoms with Gasteiger partial charge in [-0.25, -0.2) is 0 Å².